The maximum atomic E-state index is 13.2. The van der Waals surface area contributed by atoms with Gasteiger partial charge < -0.3 is 0 Å². The van der Waals surface area contributed by atoms with Crippen LogP contribution >= 0.6 is 27.5 Å². The molecule has 0 unspecified atom stereocenters. The number of aromatic nitrogens is 2. The van der Waals surface area contributed by atoms with E-state index in [1.165, 1.54) is 18.5 Å². The van der Waals surface area contributed by atoms with Gasteiger partial charge in [0.15, 0.2) is 0 Å². The predicted octanol–water partition coefficient (Wildman–Crippen LogP) is 3.70. The molecule has 1 aromatic heterocycles. The smallest absolute Gasteiger partial charge is 0.147 e. The number of hydrogen-bond donors (Lipinski definition) is 0. The topological polar surface area (TPSA) is 25.8 Å². The number of halogens is 3. The second-order valence-corrected chi connectivity index (χ2v) is 4.09. The van der Waals surface area contributed by atoms with E-state index in [2.05, 4.69) is 25.9 Å². The lowest BCUT2D eigenvalue weighted by Crippen LogP contribution is -1.87. The fourth-order valence-electron chi connectivity index (χ4n) is 1.12. The van der Waals surface area contributed by atoms with Crippen molar-refractivity contribution in [3.05, 3.63) is 46.0 Å². The van der Waals surface area contributed by atoms with Gasteiger partial charge in [0.05, 0.1) is 22.6 Å². The molecule has 1 heterocycles. The lowest BCUT2D eigenvalue weighted by molar-refractivity contribution is 0.621. The van der Waals surface area contributed by atoms with Crippen LogP contribution in [0, 0.1) is 5.82 Å². The van der Waals surface area contributed by atoms with Gasteiger partial charge in [0.1, 0.15) is 11.0 Å². The zero-order valence-electron chi connectivity index (χ0n) is 7.42. The van der Waals surface area contributed by atoms with E-state index in [1.807, 2.05) is 0 Å². The fraction of sp³-hybridized carbons (Fsp3) is 0. The maximum Gasteiger partial charge on any atom is 0.147 e. The van der Waals surface area contributed by atoms with Crippen LogP contribution in [0.25, 0.3) is 11.3 Å². The molecule has 0 aliphatic carbocycles. The van der Waals surface area contributed by atoms with Crippen molar-refractivity contribution in [1.82, 2.24) is 9.97 Å². The molecule has 0 aliphatic heterocycles. The molecular weight excluding hydrogens is 282 g/mol. The third-order valence-corrected chi connectivity index (χ3v) is 2.67. The monoisotopic (exact) mass is 286 g/mol. The molecule has 0 atom stereocenters. The summed E-state index contributed by atoms with van der Waals surface area (Å²) < 4.78 is 13.6. The zero-order valence-corrected chi connectivity index (χ0v) is 9.76. The normalized spacial score (nSPS) is 10.3. The van der Waals surface area contributed by atoms with Gasteiger partial charge >= 0.3 is 0 Å². The van der Waals surface area contributed by atoms with Crippen molar-refractivity contribution < 1.29 is 4.39 Å². The van der Waals surface area contributed by atoms with E-state index in [9.17, 15) is 4.39 Å². The van der Waals surface area contributed by atoms with Crippen LogP contribution in [-0.4, -0.2) is 9.97 Å². The zero-order chi connectivity index (χ0) is 10.8. The van der Waals surface area contributed by atoms with Crippen molar-refractivity contribution in [1.29, 1.82) is 0 Å². The van der Waals surface area contributed by atoms with Crippen LogP contribution in [0.1, 0.15) is 0 Å². The molecule has 0 amide bonds. The molecule has 2 rings (SSSR count). The molecule has 76 valence electrons. The highest BCUT2D eigenvalue weighted by Gasteiger charge is 2.04. The van der Waals surface area contributed by atoms with E-state index in [0.29, 0.717) is 20.9 Å². The van der Waals surface area contributed by atoms with Crippen molar-refractivity contribution in [2.45, 2.75) is 0 Å². The molecule has 0 saturated heterocycles. The number of benzene rings is 1. The largest absolute Gasteiger partial charge is 0.251 e. The Morgan fingerprint density at radius 2 is 2.00 bits per heavy atom. The Hall–Kier alpha value is -1.00. The quantitative estimate of drug-likeness (QED) is 0.799. The molecule has 0 aliphatic rings. The Labute approximate surface area is 99.3 Å². The predicted molar refractivity (Wildman–Crippen MR) is 60.1 cm³/mol. The van der Waals surface area contributed by atoms with Gasteiger partial charge in [0.2, 0.25) is 0 Å². The lowest BCUT2D eigenvalue weighted by atomic mass is 10.1. The maximum absolute atomic E-state index is 13.2. The van der Waals surface area contributed by atoms with Crippen LogP contribution in [0.3, 0.4) is 0 Å². The molecule has 0 fully saturated rings. The highest BCUT2D eigenvalue weighted by Crippen LogP contribution is 2.22. The van der Waals surface area contributed by atoms with Crippen LogP contribution < -0.4 is 0 Å². The number of hydrogen-bond acceptors (Lipinski definition) is 2. The molecule has 15 heavy (non-hydrogen) atoms. The van der Waals surface area contributed by atoms with Crippen LogP contribution in [-0.2, 0) is 0 Å². The van der Waals surface area contributed by atoms with Crippen LogP contribution in [0.2, 0.25) is 5.15 Å². The molecule has 1 aromatic carbocycles. The second-order valence-electron chi connectivity index (χ2n) is 2.85. The van der Waals surface area contributed by atoms with Gasteiger partial charge in [-0.1, -0.05) is 17.7 Å². The third kappa shape index (κ3) is 2.33. The van der Waals surface area contributed by atoms with E-state index in [-0.39, 0.29) is 5.82 Å². The molecule has 0 radical (unpaired) electrons. The standard InChI is InChI=1S/C10H5BrClFN2/c11-7-2-1-6(3-8(7)13)9-4-15-10(12)5-14-9/h1-5H. The summed E-state index contributed by atoms with van der Waals surface area (Å²) in [7, 11) is 0. The van der Waals surface area contributed by atoms with Gasteiger partial charge in [-0.2, -0.15) is 0 Å². The van der Waals surface area contributed by atoms with Crippen molar-refractivity contribution in [3.63, 3.8) is 0 Å². The first kappa shape index (κ1) is 10.5. The lowest BCUT2D eigenvalue weighted by Gasteiger charge is -2.01. The summed E-state index contributed by atoms with van der Waals surface area (Å²) >= 11 is 8.68. The van der Waals surface area contributed by atoms with Crippen molar-refractivity contribution in [3.8, 4) is 11.3 Å². The molecular formula is C10H5BrClFN2. The number of nitrogens with zero attached hydrogens (tertiary/aromatic N) is 2. The minimum absolute atomic E-state index is 0.316. The molecule has 2 aromatic rings. The van der Waals surface area contributed by atoms with Crippen molar-refractivity contribution in [2.75, 3.05) is 0 Å². The second kappa shape index (κ2) is 4.24. The molecule has 5 heteroatoms. The van der Waals surface area contributed by atoms with Crippen molar-refractivity contribution >= 4 is 27.5 Å². The van der Waals surface area contributed by atoms with E-state index >= 15 is 0 Å². The fourth-order valence-corrected chi connectivity index (χ4v) is 1.46. The van der Waals surface area contributed by atoms with Gasteiger partial charge in [-0.25, -0.2) is 9.37 Å². The van der Waals surface area contributed by atoms with Gasteiger partial charge in [-0.05, 0) is 28.1 Å². The van der Waals surface area contributed by atoms with E-state index in [1.54, 1.807) is 12.1 Å². The molecule has 0 saturated carbocycles. The minimum Gasteiger partial charge on any atom is -0.251 e. The summed E-state index contributed by atoms with van der Waals surface area (Å²) in [4.78, 5) is 7.92. The van der Waals surface area contributed by atoms with Gasteiger partial charge in [0, 0.05) is 5.56 Å². The Bertz CT molecular complexity index is 487. The van der Waals surface area contributed by atoms with Crippen LogP contribution in [0.5, 0.6) is 0 Å². The van der Waals surface area contributed by atoms with Gasteiger partial charge in [-0.3, -0.25) is 4.98 Å². The summed E-state index contributed by atoms with van der Waals surface area (Å²) in [5.41, 5.74) is 1.26. The van der Waals surface area contributed by atoms with Gasteiger partial charge in [0.25, 0.3) is 0 Å². The van der Waals surface area contributed by atoms with E-state index < -0.39 is 0 Å². The number of rotatable bonds is 1. The molecule has 0 N–H and O–H groups in total. The highest BCUT2D eigenvalue weighted by molar-refractivity contribution is 9.10. The Balaban J connectivity index is 2.45. The van der Waals surface area contributed by atoms with Crippen molar-refractivity contribution in [2.24, 2.45) is 0 Å². The first-order chi connectivity index (χ1) is 7.16. The molecule has 0 spiro atoms. The molecule has 0 bridgehead atoms. The first-order valence-electron chi connectivity index (χ1n) is 4.10. The average molecular weight is 288 g/mol. The Morgan fingerprint density at radius 3 is 2.60 bits per heavy atom. The van der Waals surface area contributed by atoms with Gasteiger partial charge in [-0.15, -0.1) is 0 Å². The summed E-state index contributed by atoms with van der Waals surface area (Å²) in [5, 5.41) is 0.316. The summed E-state index contributed by atoms with van der Waals surface area (Å²) in [6.07, 6.45) is 2.93. The summed E-state index contributed by atoms with van der Waals surface area (Å²) in [6, 6.07) is 4.77. The summed E-state index contributed by atoms with van der Waals surface area (Å²) in [6.45, 7) is 0. The van der Waals surface area contributed by atoms with Crippen LogP contribution in [0.15, 0.2) is 35.1 Å². The Kier molecular flexibility index (Phi) is 2.98. The third-order valence-electron chi connectivity index (χ3n) is 1.84. The highest BCUT2D eigenvalue weighted by atomic mass is 79.9. The van der Waals surface area contributed by atoms with E-state index in [4.69, 9.17) is 11.6 Å². The van der Waals surface area contributed by atoms with Crippen LogP contribution in [0.4, 0.5) is 4.39 Å². The first-order valence-corrected chi connectivity index (χ1v) is 5.27. The van der Waals surface area contributed by atoms with E-state index in [0.717, 1.165) is 0 Å². The molecule has 2 nitrogen and oxygen atoms in total. The summed E-state index contributed by atoms with van der Waals surface area (Å²) in [5.74, 6) is -0.329. The average Bonchev–Trinajstić information content (AvgIpc) is 2.23. The Morgan fingerprint density at radius 1 is 1.20 bits per heavy atom. The minimum atomic E-state index is -0.329. The SMILES string of the molecule is Fc1cc(-c2cnc(Cl)cn2)ccc1Br.